The molecule has 2 fully saturated rings. The Kier molecular flexibility index (Phi) is 4.66. The summed E-state index contributed by atoms with van der Waals surface area (Å²) in [7, 11) is 0. The molecule has 1 atom stereocenters. The van der Waals surface area contributed by atoms with Crippen molar-refractivity contribution in [3.8, 4) is 0 Å². The standard InChI is InChI=1S/C15H27NO2/c1-3-18-14(17)12(2)16-13-6-10-15(11-7-13)8-4-5-9-15/h12-13,16H,3-11H2,1-2H3. The Balaban J connectivity index is 1.74. The highest BCUT2D eigenvalue weighted by Crippen LogP contribution is 2.48. The van der Waals surface area contributed by atoms with Gasteiger partial charge in [-0.2, -0.15) is 0 Å². The molecule has 0 aliphatic heterocycles. The minimum absolute atomic E-state index is 0.112. The van der Waals surface area contributed by atoms with Crippen molar-refractivity contribution in [2.45, 2.75) is 77.3 Å². The summed E-state index contributed by atoms with van der Waals surface area (Å²) in [5.74, 6) is -0.112. The summed E-state index contributed by atoms with van der Waals surface area (Å²) >= 11 is 0. The van der Waals surface area contributed by atoms with Crippen LogP contribution in [-0.2, 0) is 9.53 Å². The van der Waals surface area contributed by atoms with Crippen LogP contribution in [0.3, 0.4) is 0 Å². The number of esters is 1. The zero-order valence-electron chi connectivity index (χ0n) is 11.8. The van der Waals surface area contributed by atoms with Gasteiger partial charge in [-0.15, -0.1) is 0 Å². The largest absolute Gasteiger partial charge is 0.465 e. The van der Waals surface area contributed by atoms with E-state index in [-0.39, 0.29) is 12.0 Å². The number of hydrogen-bond acceptors (Lipinski definition) is 3. The zero-order chi connectivity index (χ0) is 13.0. The highest BCUT2D eigenvalue weighted by molar-refractivity contribution is 5.75. The molecule has 0 saturated heterocycles. The van der Waals surface area contributed by atoms with Crippen molar-refractivity contribution in [2.75, 3.05) is 6.61 Å². The van der Waals surface area contributed by atoms with Crippen LogP contribution in [0.4, 0.5) is 0 Å². The molecule has 2 aliphatic rings. The lowest BCUT2D eigenvalue weighted by Crippen LogP contribution is -2.45. The molecule has 0 amide bonds. The lowest BCUT2D eigenvalue weighted by atomic mass is 9.71. The maximum atomic E-state index is 11.6. The molecular weight excluding hydrogens is 226 g/mol. The van der Waals surface area contributed by atoms with E-state index in [4.69, 9.17) is 4.74 Å². The van der Waals surface area contributed by atoms with E-state index in [2.05, 4.69) is 5.32 Å². The lowest BCUT2D eigenvalue weighted by Gasteiger charge is -2.38. The zero-order valence-corrected chi connectivity index (χ0v) is 11.8. The molecule has 1 N–H and O–H groups in total. The van der Waals surface area contributed by atoms with Crippen LogP contribution in [0.15, 0.2) is 0 Å². The molecule has 0 aromatic rings. The first-order valence-electron chi connectivity index (χ1n) is 7.58. The van der Waals surface area contributed by atoms with Crippen molar-refractivity contribution in [1.29, 1.82) is 0 Å². The van der Waals surface area contributed by atoms with Crippen molar-refractivity contribution < 1.29 is 9.53 Å². The molecule has 3 nitrogen and oxygen atoms in total. The number of nitrogens with one attached hydrogen (secondary N) is 1. The molecule has 2 aliphatic carbocycles. The van der Waals surface area contributed by atoms with E-state index >= 15 is 0 Å². The Labute approximate surface area is 111 Å². The highest BCUT2D eigenvalue weighted by atomic mass is 16.5. The number of ether oxygens (including phenoxy) is 1. The maximum absolute atomic E-state index is 11.6. The third kappa shape index (κ3) is 3.25. The Hall–Kier alpha value is -0.570. The molecule has 0 bridgehead atoms. The average molecular weight is 253 g/mol. The van der Waals surface area contributed by atoms with E-state index < -0.39 is 0 Å². The number of carbonyl (C=O) groups excluding carboxylic acids is 1. The second-order valence-electron chi connectivity index (χ2n) is 6.12. The Bertz CT molecular complexity index is 274. The predicted molar refractivity (Wildman–Crippen MR) is 72.4 cm³/mol. The molecule has 0 aromatic heterocycles. The third-order valence-corrected chi connectivity index (χ3v) is 4.84. The van der Waals surface area contributed by atoms with Crippen LogP contribution in [0.2, 0.25) is 0 Å². The van der Waals surface area contributed by atoms with E-state index in [0.29, 0.717) is 18.1 Å². The van der Waals surface area contributed by atoms with Gasteiger partial charge in [0.2, 0.25) is 0 Å². The van der Waals surface area contributed by atoms with Crippen molar-refractivity contribution in [3.05, 3.63) is 0 Å². The normalized spacial score (nSPS) is 25.2. The first kappa shape index (κ1) is 13.9. The smallest absolute Gasteiger partial charge is 0.322 e. The van der Waals surface area contributed by atoms with Gasteiger partial charge < -0.3 is 10.1 Å². The molecule has 104 valence electrons. The molecule has 2 rings (SSSR count). The van der Waals surface area contributed by atoms with E-state index in [1.165, 1.54) is 51.4 Å². The van der Waals surface area contributed by atoms with E-state index in [1.807, 2.05) is 13.8 Å². The van der Waals surface area contributed by atoms with Crippen molar-refractivity contribution >= 4 is 5.97 Å². The van der Waals surface area contributed by atoms with Gasteiger partial charge in [0.1, 0.15) is 6.04 Å². The average Bonchev–Trinajstić information content (AvgIpc) is 2.81. The van der Waals surface area contributed by atoms with Gasteiger partial charge in [0.15, 0.2) is 0 Å². The fourth-order valence-corrected chi connectivity index (χ4v) is 3.71. The molecule has 2 saturated carbocycles. The highest BCUT2D eigenvalue weighted by Gasteiger charge is 2.37. The van der Waals surface area contributed by atoms with E-state index in [0.717, 1.165) is 0 Å². The predicted octanol–water partition coefficient (Wildman–Crippen LogP) is 3.03. The van der Waals surface area contributed by atoms with Gasteiger partial charge in [-0.25, -0.2) is 0 Å². The first-order chi connectivity index (χ1) is 8.65. The van der Waals surface area contributed by atoms with E-state index in [1.54, 1.807) is 0 Å². The monoisotopic (exact) mass is 253 g/mol. The first-order valence-corrected chi connectivity index (χ1v) is 7.58. The number of carbonyl (C=O) groups is 1. The summed E-state index contributed by atoms with van der Waals surface area (Å²) in [4.78, 5) is 11.6. The molecule has 18 heavy (non-hydrogen) atoms. The molecule has 3 heteroatoms. The molecule has 1 spiro atoms. The van der Waals surface area contributed by atoms with Crippen LogP contribution in [0.1, 0.15) is 65.2 Å². The quantitative estimate of drug-likeness (QED) is 0.783. The van der Waals surface area contributed by atoms with Gasteiger partial charge in [-0.05, 0) is 57.8 Å². The molecule has 0 radical (unpaired) electrons. The molecular formula is C15H27NO2. The lowest BCUT2D eigenvalue weighted by molar-refractivity contribution is -0.145. The van der Waals surface area contributed by atoms with Crippen LogP contribution in [0.5, 0.6) is 0 Å². The fourth-order valence-electron chi connectivity index (χ4n) is 3.71. The van der Waals surface area contributed by atoms with Crippen molar-refractivity contribution in [2.24, 2.45) is 5.41 Å². The van der Waals surface area contributed by atoms with Gasteiger partial charge in [-0.1, -0.05) is 12.8 Å². The molecule has 1 unspecified atom stereocenters. The summed E-state index contributed by atoms with van der Waals surface area (Å²) in [5, 5.41) is 3.44. The van der Waals surface area contributed by atoms with E-state index in [9.17, 15) is 4.79 Å². The van der Waals surface area contributed by atoms with Gasteiger partial charge in [0.05, 0.1) is 6.61 Å². The molecule has 0 aromatic carbocycles. The summed E-state index contributed by atoms with van der Waals surface area (Å²) < 4.78 is 5.04. The fraction of sp³-hybridized carbons (Fsp3) is 0.933. The summed E-state index contributed by atoms with van der Waals surface area (Å²) in [6.45, 7) is 4.24. The maximum Gasteiger partial charge on any atom is 0.322 e. The Morgan fingerprint density at radius 2 is 1.89 bits per heavy atom. The SMILES string of the molecule is CCOC(=O)C(C)NC1CCC2(CCCC2)CC1. The minimum Gasteiger partial charge on any atom is -0.465 e. The number of hydrogen-bond donors (Lipinski definition) is 1. The number of rotatable bonds is 4. The second-order valence-corrected chi connectivity index (χ2v) is 6.12. The van der Waals surface area contributed by atoms with Crippen LogP contribution in [0, 0.1) is 5.41 Å². The van der Waals surface area contributed by atoms with Gasteiger partial charge in [0, 0.05) is 6.04 Å². The molecule has 0 heterocycles. The van der Waals surface area contributed by atoms with Gasteiger partial charge in [-0.3, -0.25) is 4.79 Å². The summed E-state index contributed by atoms with van der Waals surface area (Å²) in [5.41, 5.74) is 0.672. The van der Waals surface area contributed by atoms with Gasteiger partial charge >= 0.3 is 5.97 Å². The van der Waals surface area contributed by atoms with Gasteiger partial charge in [0.25, 0.3) is 0 Å². The Morgan fingerprint density at radius 1 is 1.28 bits per heavy atom. The Morgan fingerprint density at radius 3 is 2.44 bits per heavy atom. The third-order valence-electron chi connectivity index (χ3n) is 4.84. The van der Waals surface area contributed by atoms with Crippen molar-refractivity contribution in [1.82, 2.24) is 5.32 Å². The minimum atomic E-state index is -0.160. The topological polar surface area (TPSA) is 38.3 Å². The summed E-state index contributed by atoms with van der Waals surface area (Å²) in [6.07, 6.45) is 10.9. The van der Waals surface area contributed by atoms with Crippen LogP contribution >= 0.6 is 0 Å². The summed E-state index contributed by atoms with van der Waals surface area (Å²) in [6, 6.07) is 0.350. The van der Waals surface area contributed by atoms with Crippen LogP contribution in [0.25, 0.3) is 0 Å². The second kappa shape index (κ2) is 6.05. The van der Waals surface area contributed by atoms with Crippen molar-refractivity contribution in [3.63, 3.8) is 0 Å². The van der Waals surface area contributed by atoms with Crippen LogP contribution in [-0.4, -0.2) is 24.7 Å². The van der Waals surface area contributed by atoms with Crippen LogP contribution < -0.4 is 5.32 Å².